The maximum absolute atomic E-state index is 11.4. The summed E-state index contributed by atoms with van der Waals surface area (Å²) in [7, 11) is 0. The molecule has 1 amide bonds. The Labute approximate surface area is 106 Å². The van der Waals surface area contributed by atoms with E-state index in [9.17, 15) is 4.79 Å². The Morgan fingerprint density at radius 2 is 2.24 bits per heavy atom. The molecule has 0 bridgehead atoms. The molecule has 0 saturated carbocycles. The van der Waals surface area contributed by atoms with Crippen LogP contribution in [-0.2, 0) is 4.79 Å². The zero-order valence-electron chi connectivity index (χ0n) is 9.65. The zero-order chi connectivity index (χ0) is 12.7. The third-order valence-corrected chi connectivity index (χ3v) is 2.47. The van der Waals surface area contributed by atoms with Crippen LogP contribution in [0.15, 0.2) is 24.3 Å². The molecule has 0 fully saturated rings. The second-order valence-corrected chi connectivity index (χ2v) is 4.22. The molecule has 1 atom stereocenters. The molecule has 0 heterocycles. The Hall–Kier alpha value is -1.26. The molecule has 17 heavy (non-hydrogen) atoms. The van der Waals surface area contributed by atoms with E-state index < -0.39 is 0 Å². The van der Waals surface area contributed by atoms with E-state index in [-0.39, 0.29) is 25.0 Å². The van der Waals surface area contributed by atoms with Crippen LogP contribution in [0.25, 0.3) is 0 Å². The third-order valence-electron chi connectivity index (χ3n) is 2.15. The van der Waals surface area contributed by atoms with Gasteiger partial charge in [-0.3, -0.25) is 4.79 Å². The number of benzene rings is 1. The van der Waals surface area contributed by atoms with E-state index >= 15 is 0 Å². The summed E-state index contributed by atoms with van der Waals surface area (Å²) in [5.74, 6) is 0.295. The van der Waals surface area contributed by atoms with Gasteiger partial charge in [0.25, 0.3) is 5.91 Å². The minimum Gasteiger partial charge on any atom is -0.482 e. The number of nitrogens with one attached hydrogen (secondary N) is 1. The molecule has 0 aliphatic heterocycles. The number of halogens is 1. The third kappa shape index (κ3) is 5.06. The maximum Gasteiger partial charge on any atom is 0.257 e. The number of carbonyl (C=O) groups is 1. The summed E-state index contributed by atoms with van der Waals surface area (Å²) in [6.07, 6.45) is 0. The summed E-state index contributed by atoms with van der Waals surface area (Å²) in [6, 6.07) is 6.97. The standard InChI is InChI=1S/C12H16ClNO3/c1-9(7-15)6-14-12(16)8-17-11-5-3-2-4-10(11)13/h2-5,9,15H,6-8H2,1H3,(H,14,16). The maximum atomic E-state index is 11.4. The molecule has 0 aliphatic carbocycles. The number of para-hydroxylation sites is 1. The number of carbonyl (C=O) groups excluding carboxylic acids is 1. The van der Waals surface area contributed by atoms with Gasteiger partial charge in [-0.25, -0.2) is 0 Å². The molecule has 0 aromatic heterocycles. The minimum atomic E-state index is -0.231. The van der Waals surface area contributed by atoms with E-state index in [1.165, 1.54) is 0 Å². The number of ether oxygens (including phenoxy) is 1. The van der Waals surface area contributed by atoms with Crippen molar-refractivity contribution in [3.63, 3.8) is 0 Å². The topological polar surface area (TPSA) is 58.6 Å². The van der Waals surface area contributed by atoms with Gasteiger partial charge in [-0.15, -0.1) is 0 Å². The van der Waals surface area contributed by atoms with Gasteiger partial charge >= 0.3 is 0 Å². The van der Waals surface area contributed by atoms with Gasteiger partial charge in [0.2, 0.25) is 0 Å². The van der Waals surface area contributed by atoms with Crippen molar-refractivity contribution in [1.82, 2.24) is 5.32 Å². The predicted molar refractivity (Wildman–Crippen MR) is 66.2 cm³/mol. The number of aliphatic hydroxyl groups is 1. The quantitative estimate of drug-likeness (QED) is 0.811. The van der Waals surface area contributed by atoms with Gasteiger partial charge in [-0.2, -0.15) is 0 Å². The summed E-state index contributed by atoms with van der Waals surface area (Å²) in [6.45, 7) is 2.24. The van der Waals surface area contributed by atoms with Gasteiger partial charge in [0.15, 0.2) is 6.61 Å². The van der Waals surface area contributed by atoms with Crippen LogP contribution in [0.1, 0.15) is 6.92 Å². The van der Waals surface area contributed by atoms with Gasteiger partial charge in [-0.05, 0) is 18.1 Å². The van der Waals surface area contributed by atoms with Crippen molar-refractivity contribution in [3.8, 4) is 5.75 Å². The number of amides is 1. The molecule has 0 saturated heterocycles. The molecule has 1 unspecified atom stereocenters. The second kappa shape index (κ2) is 7.14. The molecule has 0 radical (unpaired) electrons. The Morgan fingerprint density at radius 1 is 1.53 bits per heavy atom. The summed E-state index contributed by atoms with van der Waals surface area (Å²) in [5, 5.41) is 11.9. The minimum absolute atomic E-state index is 0.0410. The zero-order valence-corrected chi connectivity index (χ0v) is 10.4. The lowest BCUT2D eigenvalue weighted by atomic mass is 10.2. The highest BCUT2D eigenvalue weighted by molar-refractivity contribution is 6.32. The molecule has 1 rings (SSSR count). The highest BCUT2D eigenvalue weighted by Crippen LogP contribution is 2.22. The lowest BCUT2D eigenvalue weighted by Crippen LogP contribution is -2.33. The molecule has 1 aromatic carbocycles. The fourth-order valence-electron chi connectivity index (χ4n) is 1.11. The monoisotopic (exact) mass is 257 g/mol. The SMILES string of the molecule is CC(CO)CNC(=O)COc1ccccc1Cl. The van der Waals surface area contributed by atoms with Crippen molar-refractivity contribution in [3.05, 3.63) is 29.3 Å². The van der Waals surface area contributed by atoms with Gasteiger partial charge in [0.05, 0.1) is 5.02 Å². The Balaban J connectivity index is 2.31. The molecule has 94 valence electrons. The van der Waals surface area contributed by atoms with Gasteiger partial charge in [0, 0.05) is 13.2 Å². The van der Waals surface area contributed by atoms with Crippen LogP contribution in [0.2, 0.25) is 5.02 Å². The molecule has 4 nitrogen and oxygen atoms in total. The Morgan fingerprint density at radius 3 is 2.88 bits per heavy atom. The molecule has 1 aromatic rings. The van der Waals surface area contributed by atoms with Crippen LogP contribution in [-0.4, -0.2) is 30.8 Å². The van der Waals surface area contributed by atoms with Gasteiger partial charge in [0.1, 0.15) is 5.75 Å². The smallest absolute Gasteiger partial charge is 0.257 e. The average molecular weight is 258 g/mol. The van der Waals surface area contributed by atoms with Crippen molar-refractivity contribution in [2.75, 3.05) is 19.8 Å². The fourth-order valence-corrected chi connectivity index (χ4v) is 1.30. The van der Waals surface area contributed by atoms with Crippen LogP contribution in [0.5, 0.6) is 5.75 Å². The summed E-state index contributed by atoms with van der Waals surface area (Å²) in [4.78, 5) is 11.4. The van der Waals surface area contributed by atoms with Gasteiger partial charge in [-0.1, -0.05) is 30.7 Å². The first-order chi connectivity index (χ1) is 8.13. The van der Waals surface area contributed by atoms with E-state index in [4.69, 9.17) is 21.4 Å². The van der Waals surface area contributed by atoms with Crippen molar-refractivity contribution < 1.29 is 14.6 Å². The van der Waals surface area contributed by atoms with E-state index in [1.807, 2.05) is 6.92 Å². The van der Waals surface area contributed by atoms with Gasteiger partial charge < -0.3 is 15.2 Å². The molecular weight excluding hydrogens is 242 g/mol. The predicted octanol–water partition coefficient (Wildman–Crippen LogP) is 1.46. The summed E-state index contributed by atoms with van der Waals surface area (Å²) >= 11 is 5.87. The number of aliphatic hydroxyl groups excluding tert-OH is 1. The second-order valence-electron chi connectivity index (χ2n) is 3.81. The highest BCUT2D eigenvalue weighted by Gasteiger charge is 2.06. The first-order valence-corrected chi connectivity index (χ1v) is 5.76. The fraction of sp³-hybridized carbons (Fsp3) is 0.417. The highest BCUT2D eigenvalue weighted by atomic mass is 35.5. The molecule has 0 spiro atoms. The van der Waals surface area contributed by atoms with Crippen LogP contribution in [0.3, 0.4) is 0 Å². The van der Waals surface area contributed by atoms with Crippen molar-refractivity contribution >= 4 is 17.5 Å². The van der Waals surface area contributed by atoms with Crippen molar-refractivity contribution in [2.24, 2.45) is 5.92 Å². The van der Waals surface area contributed by atoms with Crippen LogP contribution in [0, 0.1) is 5.92 Å². The number of hydrogen-bond acceptors (Lipinski definition) is 3. The first kappa shape index (κ1) is 13.8. The number of rotatable bonds is 6. The normalized spacial score (nSPS) is 11.9. The van der Waals surface area contributed by atoms with Crippen LogP contribution < -0.4 is 10.1 Å². The molecule has 5 heteroatoms. The first-order valence-electron chi connectivity index (χ1n) is 5.38. The lowest BCUT2D eigenvalue weighted by molar-refractivity contribution is -0.123. The van der Waals surface area contributed by atoms with Crippen molar-refractivity contribution in [2.45, 2.75) is 6.92 Å². The number of hydrogen-bond donors (Lipinski definition) is 2. The van der Waals surface area contributed by atoms with Crippen LogP contribution >= 0.6 is 11.6 Å². The Kier molecular flexibility index (Phi) is 5.80. The van der Waals surface area contributed by atoms with Crippen molar-refractivity contribution in [1.29, 1.82) is 0 Å². The summed E-state index contributed by atoms with van der Waals surface area (Å²) < 4.78 is 5.26. The molecule has 2 N–H and O–H groups in total. The van der Waals surface area contributed by atoms with E-state index in [1.54, 1.807) is 24.3 Å². The van der Waals surface area contributed by atoms with E-state index in [2.05, 4.69) is 5.32 Å². The Bertz CT molecular complexity index is 371. The van der Waals surface area contributed by atoms with Crippen LogP contribution in [0.4, 0.5) is 0 Å². The molecular formula is C12H16ClNO3. The van der Waals surface area contributed by atoms with E-state index in [0.717, 1.165) is 0 Å². The lowest BCUT2D eigenvalue weighted by Gasteiger charge is -2.11. The average Bonchev–Trinajstić information content (AvgIpc) is 2.35. The van der Waals surface area contributed by atoms with E-state index in [0.29, 0.717) is 17.3 Å². The molecule has 0 aliphatic rings. The largest absolute Gasteiger partial charge is 0.482 e. The summed E-state index contributed by atoms with van der Waals surface area (Å²) in [5.41, 5.74) is 0.